The van der Waals surface area contributed by atoms with Gasteiger partial charge < -0.3 is 4.74 Å². The standard InChI is InChI=1S/C23H21NO4/c1-28-23(27)14-7-9-16(10-8-14)24-21(25)19-15-11-17(13-5-3-2-4-6-13)18(12-15)20(19)22(24)26/h2-10,15,17-20H,11-12H2,1H3/t15-,17+,18+,19+,20-/m0/s1. The van der Waals surface area contributed by atoms with Crippen LogP contribution in [0.15, 0.2) is 54.6 Å². The number of hydrogen-bond acceptors (Lipinski definition) is 4. The van der Waals surface area contributed by atoms with Gasteiger partial charge in [0.15, 0.2) is 0 Å². The summed E-state index contributed by atoms with van der Waals surface area (Å²) in [4.78, 5) is 39.3. The monoisotopic (exact) mass is 375 g/mol. The van der Waals surface area contributed by atoms with Crippen LogP contribution in [0, 0.1) is 23.7 Å². The molecule has 5 heteroatoms. The summed E-state index contributed by atoms with van der Waals surface area (Å²) >= 11 is 0. The number of hydrogen-bond donors (Lipinski definition) is 0. The number of carbonyl (C=O) groups is 3. The predicted molar refractivity (Wildman–Crippen MR) is 103 cm³/mol. The van der Waals surface area contributed by atoms with Crippen LogP contribution < -0.4 is 4.90 Å². The molecule has 2 amide bonds. The van der Waals surface area contributed by atoms with Gasteiger partial charge in [0.05, 0.1) is 30.2 Å². The zero-order chi connectivity index (χ0) is 19.4. The van der Waals surface area contributed by atoms with Crippen LogP contribution in [-0.2, 0) is 14.3 Å². The Bertz CT molecular complexity index is 952. The molecule has 0 aromatic heterocycles. The van der Waals surface area contributed by atoms with Crippen LogP contribution in [0.4, 0.5) is 5.69 Å². The molecule has 2 aromatic carbocycles. The molecule has 1 saturated heterocycles. The summed E-state index contributed by atoms with van der Waals surface area (Å²) in [6.45, 7) is 0. The van der Waals surface area contributed by atoms with E-state index in [1.54, 1.807) is 24.3 Å². The predicted octanol–water partition coefficient (Wildman–Crippen LogP) is 3.40. The van der Waals surface area contributed by atoms with E-state index in [2.05, 4.69) is 12.1 Å². The van der Waals surface area contributed by atoms with Crippen LogP contribution in [0.3, 0.4) is 0 Å². The number of benzene rings is 2. The second-order valence-corrected chi connectivity index (χ2v) is 8.01. The fourth-order valence-electron chi connectivity index (χ4n) is 5.66. The molecular formula is C23H21NO4. The Morgan fingerprint density at radius 2 is 1.61 bits per heavy atom. The topological polar surface area (TPSA) is 63.7 Å². The number of rotatable bonds is 3. The van der Waals surface area contributed by atoms with Crippen LogP contribution in [0.25, 0.3) is 0 Å². The van der Waals surface area contributed by atoms with Crippen molar-refractivity contribution < 1.29 is 19.1 Å². The quantitative estimate of drug-likeness (QED) is 0.609. The smallest absolute Gasteiger partial charge is 0.337 e. The first kappa shape index (κ1) is 17.2. The molecule has 5 atom stereocenters. The summed E-state index contributed by atoms with van der Waals surface area (Å²) in [5, 5.41) is 0. The molecule has 0 radical (unpaired) electrons. The second kappa shape index (κ2) is 6.30. The summed E-state index contributed by atoms with van der Waals surface area (Å²) in [5.41, 5.74) is 2.21. The molecule has 0 N–H and O–H groups in total. The molecule has 3 aliphatic rings. The van der Waals surface area contributed by atoms with Crippen molar-refractivity contribution in [3.63, 3.8) is 0 Å². The molecule has 2 aromatic rings. The molecule has 0 spiro atoms. The van der Waals surface area contributed by atoms with Crippen molar-refractivity contribution in [2.45, 2.75) is 18.8 Å². The maximum Gasteiger partial charge on any atom is 0.337 e. The highest BCUT2D eigenvalue weighted by Gasteiger charge is 2.64. The van der Waals surface area contributed by atoms with Gasteiger partial charge in [-0.25, -0.2) is 4.79 Å². The van der Waals surface area contributed by atoms with Crippen LogP contribution in [0.5, 0.6) is 0 Å². The SMILES string of the molecule is COC(=O)c1ccc(N2C(=O)[C@@H]3[C@@H]4C[C@@H]([C@@H]3C2=O)[C@@H](c2ccccc2)C4)cc1. The molecule has 1 heterocycles. The maximum atomic E-state index is 13.3. The number of amides is 2. The number of fused-ring (bicyclic) bond motifs is 5. The van der Waals surface area contributed by atoms with Crippen molar-refractivity contribution >= 4 is 23.5 Å². The molecule has 2 bridgehead atoms. The number of anilines is 1. The fourth-order valence-corrected chi connectivity index (χ4v) is 5.66. The van der Waals surface area contributed by atoms with Crippen molar-refractivity contribution in [2.75, 3.05) is 12.0 Å². The van der Waals surface area contributed by atoms with E-state index < -0.39 is 5.97 Å². The van der Waals surface area contributed by atoms with E-state index in [9.17, 15) is 14.4 Å². The Hall–Kier alpha value is -2.95. The third-order valence-electron chi connectivity index (χ3n) is 6.79. The van der Waals surface area contributed by atoms with Gasteiger partial charge in [-0.05, 0) is 60.4 Å². The summed E-state index contributed by atoms with van der Waals surface area (Å²) in [6, 6.07) is 16.8. The lowest BCUT2D eigenvalue weighted by Crippen LogP contribution is -2.33. The molecular weight excluding hydrogens is 354 g/mol. The third-order valence-corrected chi connectivity index (χ3v) is 6.79. The van der Waals surface area contributed by atoms with Gasteiger partial charge in [-0.3, -0.25) is 14.5 Å². The average molecular weight is 375 g/mol. The second-order valence-electron chi connectivity index (χ2n) is 8.01. The van der Waals surface area contributed by atoms with Crippen LogP contribution >= 0.6 is 0 Å². The highest BCUT2D eigenvalue weighted by Crippen LogP contribution is 2.61. The number of carbonyl (C=O) groups excluding carboxylic acids is 3. The number of imide groups is 1. The van der Waals surface area contributed by atoms with Crippen LogP contribution in [0.2, 0.25) is 0 Å². The number of methoxy groups -OCH3 is 1. The highest BCUT2D eigenvalue weighted by atomic mass is 16.5. The van der Waals surface area contributed by atoms with Crippen molar-refractivity contribution in [1.29, 1.82) is 0 Å². The van der Waals surface area contributed by atoms with E-state index in [1.807, 2.05) is 18.2 Å². The minimum atomic E-state index is -0.439. The van der Waals surface area contributed by atoms with Gasteiger partial charge in [0.1, 0.15) is 0 Å². The molecule has 142 valence electrons. The van der Waals surface area contributed by atoms with Crippen LogP contribution in [-0.4, -0.2) is 24.9 Å². The highest BCUT2D eigenvalue weighted by molar-refractivity contribution is 6.22. The maximum absolute atomic E-state index is 13.3. The molecule has 5 nitrogen and oxygen atoms in total. The molecule has 2 saturated carbocycles. The first-order valence-corrected chi connectivity index (χ1v) is 9.71. The van der Waals surface area contributed by atoms with E-state index in [0.717, 1.165) is 12.8 Å². The lowest BCUT2D eigenvalue weighted by atomic mass is 9.73. The van der Waals surface area contributed by atoms with Gasteiger partial charge in [0.25, 0.3) is 0 Å². The lowest BCUT2D eigenvalue weighted by molar-refractivity contribution is -0.123. The van der Waals surface area contributed by atoms with Gasteiger partial charge in [-0.15, -0.1) is 0 Å². The van der Waals surface area contributed by atoms with E-state index in [-0.39, 0.29) is 35.5 Å². The van der Waals surface area contributed by atoms with Gasteiger partial charge in [-0.2, -0.15) is 0 Å². The Morgan fingerprint density at radius 1 is 0.929 bits per heavy atom. The summed E-state index contributed by atoms with van der Waals surface area (Å²) < 4.78 is 4.71. The van der Waals surface area contributed by atoms with Gasteiger partial charge in [-0.1, -0.05) is 30.3 Å². The minimum absolute atomic E-state index is 0.0835. The van der Waals surface area contributed by atoms with E-state index in [1.165, 1.54) is 17.6 Å². The first-order chi connectivity index (χ1) is 13.6. The van der Waals surface area contributed by atoms with Gasteiger partial charge >= 0.3 is 5.97 Å². The van der Waals surface area contributed by atoms with Crippen molar-refractivity contribution in [2.24, 2.45) is 23.7 Å². The van der Waals surface area contributed by atoms with Gasteiger partial charge in [0, 0.05) is 0 Å². The molecule has 28 heavy (non-hydrogen) atoms. The Kier molecular flexibility index (Phi) is 3.86. The molecule has 1 aliphatic heterocycles. The normalized spacial score (nSPS) is 30.6. The largest absolute Gasteiger partial charge is 0.465 e. The summed E-state index contributed by atoms with van der Waals surface area (Å²) in [6.07, 6.45) is 1.94. The van der Waals surface area contributed by atoms with Crippen LogP contribution in [0.1, 0.15) is 34.7 Å². The summed E-state index contributed by atoms with van der Waals surface area (Å²) in [5.74, 6) is -0.176. The third kappa shape index (κ3) is 2.35. The van der Waals surface area contributed by atoms with Crippen molar-refractivity contribution in [1.82, 2.24) is 0 Å². The summed E-state index contributed by atoms with van der Waals surface area (Å²) in [7, 11) is 1.32. The molecule has 3 fully saturated rings. The zero-order valence-electron chi connectivity index (χ0n) is 15.6. The van der Waals surface area contributed by atoms with E-state index in [4.69, 9.17) is 4.74 Å². The van der Waals surface area contributed by atoms with Gasteiger partial charge in [0.2, 0.25) is 11.8 Å². The Labute approximate surface area is 163 Å². The minimum Gasteiger partial charge on any atom is -0.465 e. The van der Waals surface area contributed by atoms with E-state index in [0.29, 0.717) is 17.2 Å². The lowest BCUT2D eigenvalue weighted by Gasteiger charge is -2.28. The Balaban J connectivity index is 1.44. The first-order valence-electron chi connectivity index (χ1n) is 9.71. The van der Waals surface area contributed by atoms with E-state index >= 15 is 0 Å². The Morgan fingerprint density at radius 3 is 2.29 bits per heavy atom. The van der Waals surface area contributed by atoms with Crippen molar-refractivity contribution in [3.05, 3.63) is 65.7 Å². The average Bonchev–Trinajstić information content (AvgIpc) is 3.40. The number of ether oxygens (including phenoxy) is 1. The fraction of sp³-hybridized carbons (Fsp3) is 0.348. The molecule has 2 aliphatic carbocycles. The number of esters is 1. The molecule has 0 unspecified atom stereocenters. The van der Waals surface area contributed by atoms with Crippen molar-refractivity contribution in [3.8, 4) is 0 Å². The zero-order valence-corrected chi connectivity index (χ0v) is 15.6. The number of nitrogens with zero attached hydrogens (tertiary/aromatic N) is 1. The molecule has 5 rings (SSSR count).